The standard InChI is InChI=1S/C30H33N3O6/c1-37-22-10-7-20(8-11-22)32-30(36)33-21-9-12-26-24(15-21)25-16-23(38-27(18-34)29(25)39-26)17-28(35)31-14-13-19-5-3-2-4-6-19/h2-12,15,23,25,27,29,34H,13-14,16-18H2,1H3,(H,31,35)(H2,32,33,36)/t23-,25-,27-,29+/m0/s1. The van der Waals surface area contributed by atoms with Crippen LogP contribution >= 0.6 is 0 Å². The van der Waals surface area contributed by atoms with E-state index >= 15 is 0 Å². The largest absolute Gasteiger partial charge is 0.497 e. The number of methoxy groups -OCH3 is 1. The quantitative estimate of drug-likeness (QED) is 0.331. The fourth-order valence-corrected chi connectivity index (χ4v) is 5.20. The van der Waals surface area contributed by atoms with Gasteiger partial charge in [-0.3, -0.25) is 4.79 Å². The Morgan fingerprint density at radius 2 is 1.74 bits per heavy atom. The third-order valence-corrected chi connectivity index (χ3v) is 7.10. The zero-order valence-electron chi connectivity index (χ0n) is 21.8. The molecule has 39 heavy (non-hydrogen) atoms. The van der Waals surface area contributed by atoms with Crippen LogP contribution in [0.25, 0.3) is 0 Å². The number of rotatable bonds is 9. The van der Waals surface area contributed by atoms with Crippen molar-refractivity contribution in [2.45, 2.75) is 43.5 Å². The molecule has 9 nitrogen and oxygen atoms in total. The lowest BCUT2D eigenvalue weighted by Crippen LogP contribution is -2.47. The molecule has 0 bridgehead atoms. The molecule has 0 saturated carbocycles. The molecule has 0 aromatic heterocycles. The number of ether oxygens (including phenoxy) is 3. The van der Waals surface area contributed by atoms with Crippen molar-refractivity contribution in [3.05, 3.63) is 83.9 Å². The van der Waals surface area contributed by atoms with E-state index in [-0.39, 0.29) is 43.1 Å². The van der Waals surface area contributed by atoms with Crippen molar-refractivity contribution in [3.63, 3.8) is 0 Å². The molecule has 4 atom stereocenters. The number of aliphatic hydroxyl groups is 1. The molecule has 0 spiro atoms. The number of amides is 3. The Morgan fingerprint density at radius 3 is 2.49 bits per heavy atom. The van der Waals surface area contributed by atoms with E-state index in [4.69, 9.17) is 14.2 Å². The summed E-state index contributed by atoms with van der Waals surface area (Å²) in [5.74, 6) is 1.24. The van der Waals surface area contributed by atoms with Gasteiger partial charge in [-0.15, -0.1) is 0 Å². The fourth-order valence-electron chi connectivity index (χ4n) is 5.20. The number of benzene rings is 3. The van der Waals surface area contributed by atoms with Gasteiger partial charge >= 0.3 is 6.03 Å². The number of carbonyl (C=O) groups excluding carboxylic acids is 2. The molecule has 0 radical (unpaired) electrons. The maximum atomic E-state index is 12.6. The Hall–Kier alpha value is -4.08. The number of hydrogen-bond donors (Lipinski definition) is 4. The number of carbonyl (C=O) groups is 2. The van der Waals surface area contributed by atoms with Gasteiger partial charge in [0.05, 0.1) is 26.2 Å². The summed E-state index contributed by atoms with van der Waals surface area (Å²) in [7, 11) is 1.59. The zero-order valence-corrected chi connectivity index (χ0v) is 21.8. The van der Waals surface area contributed by atoms with Crippen molar-refractivity contribution in [2.24, 2.45) is 0 Å². The number of aliphatic hydroxyl groups excluding tert-OH is 1. The second-order valence-corrected chi connectivity index (χ2v) is 9.75. The van der Waals surface area contributed by atoms with E-state index in [9.17, 15) is 14.7 Å². The first-order valence-electron chi connectivity index (χ1n) is 13.1. The highest BCUT2D eigenvalue weighted by atomic mass is 16.6. The summed E-state index contributed by atoms with van der Waals surface area (Å²) >= 11 is 0. The van der Waals surface area contributed by atoms with Gasteiger partial charge in [0.15, 0.2) is 0 Å². The van der Waals surface area contributed by atoms with Crippen LogP contribution in [0.4, 0.5) is 16.2 Å². The first-order valence-corrected chi connectivity index (χ1v) is 13.1. The third kappa shape index (κ3) is 6.50. The smallest absolute Gasteiger partial charge is 0.323 e. The number of nitrogens with one attached hydrogen (secondary N) is 3. The summed E-state index contributed by atoms with van der Waals surface area (Å²) < 4.78 is 17.3. The van der Waals surface area contributed by atoms with Crippen LogP contribution in [0.1, 0.15) is 29.9 Å². The van der Waals surface area contributed by atoms with Crippen LogP contribution in [0.3, 0.4) is 0 Å². The molecule has 1 saturated heterocycles. The van der Waals surface area contributed by atoms with E-state index in [0.717, 1.165) is 17.5 Å². The molecule has 2 heterocycles. The van der Waals surface area contributed by atoms with Crippen molar-refractivity contribution in [2.75, 3.05) is 30.9 Å². The molecule has 5 rings (SSSR count). The Balaban J connectivity index is 1.19. The highest BCUT2D eigenvalue weighted by molar-refractivity contribution is 5.99. The molecule has 2 aliphatic rings. The van der Waals surface area contributed by atoms with Crippen molar-refractivity contribution >= 4 is 23.3 Å². The second kappa shape index (κ2) is 12.2. The fraction of sp³-hybridized carbons (Fsp3) is 0.333. The minimum Gasteiger partial charge on any atom is -0.497 e. The first-order chi connectivity index (χ1) is 19.0. The van der Waals surface area contributed by atoms with Crippen LogP contribution in [0, 0.1) is 0 Å². The minimum absolute atomic E-state index is 0.0700. The van der Waals surface area contributed by atoms with Gasteiger partial charge in [-0.1, -0.05) is 30.3 Å². The maximum Gasteiger partial charge on any atom is 0.323 e. The van der Waals surface area contributed by atoms with Gasteiger partial charge < -0.3 is 35.3 Å². The van der Waals surface area contributed by atoms with Gasteiger partial charge in [0.1, 0.15) is 23.7 Å². The number of urea groups is 1. The molecule has 3 amide bonds. The predicted molar refractivity (Wildman–Crippen MR) is 147 cm³/mol. The monoisotopic (exact) mass is 531 g/mol. The van der Waals surface area contributed by atoms with E-state index in [1.54, 1.807) is 37.4 Å². The van der Waals surface area contributed by atoms with Crippen LogP contribution in [0.2, 0.25) is 0 Å². The van der Waals surface area contributed by atoms with Gasteiger partial charge in [-0.05, 0) is 60.9 Å². The molecule has 4 N–H and O–H groups in total. The van der Waals surface area contributed by atoms with Crippen LogP contribution in [-0.2, 0) is 16.0 Å². The molecular weight excluding hydrogens is 498 g/mol. The number of fused-ring (bicyclic) bond motifs is 3. The van der Waals surface area contributed by atoms with Crippen LogP contribution in [0.5, 0.6) is 11.5 Å². The lowest BCUT2D eigenvalue weighted by atomic mass is 9.84. The normalized spacial score (nSPS) is 21.2. The topological polar surface area (TPSA) is 118 Å². The van der Waals surface area contributed by atoms with Gasteiger partial charge in [-0.2, -0.15) is 0 Å². The van der Waals surface area contributed by atoms with Gasteiger partial charge in [0.2, 0.25) is 5.91 Å². The van der Waals surface area contributed by atoms with Gasteiger partial charge in [0.25, 0.3) is 0 Å². The molecule has 9 heteroatoms. The lowest BCUT2D eigenvalue weighted by molar-refractivity contribution is -0.142. The summed E-state index contributed by atoms with van der Waals surface area (Å²) in [4.78, 5) is 25.2. The highest BCUT2D eigenvalue weighted by Gasteiger charge is 2.46. The molecule has 1 fully saturated rings. The maximum absolute atomic E-state index is 12.6. The Kier molecular flexibility index (Phi) is 8.29. The number of hydrogen-bond acceptors (Lipinski definition) is 6. The average Bonchev–Trinajstić information content (AvgIpc) is 3.31. The highest BCUT2D eigenvalue weighted by Crippen LogP contribution is 2.47. The molecular formula is C30H33N3O6. The van der Waals surface area contributed by atoms with Crippen molar-refractivity contribution in [1.29, 1.82) is 0 Å². The molecule has 3 aromatic carbocycles. The van der Waals surface area contributed by atoms with Crippen LogP contribution in [0.15, 0.2) is 72.8 Å². The minimum atomic E-state index is -0.548. The molecule has 0 unspecified atom stereocenters. The lowest BCUT2D eigenvalue weighted by Gasteiger charge is -2.37. The summed E-state index contributed by atoms with van der Waals surface area (Å²) in [5, 5.41) is 18.6. The van der Waals surface area contributed by atoms with Crippen LogP contribution < -0.4 is 25.4 Å². The van der Waals surface area contributed by atoms with E-state index in [1.165, 1.54) is 0 Å². The second-order valence-electron chi connectivity index (χ2n) is 9.75. The van der Waals surface area contributed by atoms with E-state index < -0.39 is 6.10 Å². The molecule has 3 aromatic rings. The van der Waals surface area contributed by atoms with Gasteiger partial charge in [0, 0.05) is 29.4 Å². The third-order valence-electron chi connectivity index (χ3n) is 7.10. The molecule has 204 valence electrons. The van der Waals surface area contributed by atoms with Crippen LogP contribution in [-0.4, -0.2) is 55.6 Å². The summed E-state index contributed by atoms with van der Waals surface area (Å²) in [6.07, 6.45) is 0.266. The Bertz CT molecular complexity index is 1280. The number of anilines is 2. The average molecular weight is 532 g/mol. The Morgan fingerprint density at radius 1 is 1.00 bits per heavy atom. The summed E-state index contributed by atoms with van der Waals surface area (Å²) in [5.41, 5.74) is 3.35. The first kappa shape index (κ1) is 26.5. The predicted octanol–water partition coefficient (Wildman–Crippen LogP) is 4.08. The van der Waals surface area contributed by atoms with Crippen molar-refractivity contribution < 1.29 is 28.9 Å². The van der Waals surface area contributed by atoms with E-state index in [0.29, 0.717) is 35.8 Å². The molecule has 2 aliphatic heterocycles. The molecule has 0 aliphatic carbocycles. The Labute approximate surface area is 227 Å². The van der Waals surface area contributed by atoms with E-state index in [1.807, 2.05) is 42.5 Å². The summed E-state index contributed by atoms with van der Waals surface area (Å²) in [6.45, 7) is 0.335. The summed E-state index contributed by atoms with van der Waals surface area (Å²) in [6, 6.07) is 22.2. The van der Waals surface area contributed by atoms with Crippen molar-refractivity contribution in [3.8, 4) is 11.5 Å². The van der Waals surface area contributed by atoms with Gasteiger partial charge in [-0.25, -0.2) is 4.79 Å². The SMILES string of the molecule is COc1ccc(NC(=O)Nc2ccc3c(c2)[C@@H]2C[C@@H](CC(=O)NCCc4ccccc4)O[C@@H](CO)[C@@H]2O3)cc1. The van der Waals surface area contributed by atoms with E-state index in [2.05, 4.69) is 16.0 Å². The van der Waals surface area contributed by atoms with Crippen molar-refractivity contribution in [1.82, 2.24) is 5.32 Å². The zero-order chi connectivity index (χ0) is 27.2.